The number of nitro groups is 1. The minimum absolute atomic E-state index is 0.0128. The van der Waals surface area contributed by atoms with Gasteiger partial charge >= 0.3 is 7.60 Å². The predicted octanol–water partition coefficient (Wildman–Crippen LogP) is 5.49. The summed E-state index contributed by atoms with van der Waals surface area (Å²) in [6.45, 7) is 2.22. The van der Waals surface area contributed by atoms with Crippen LogP contribution < -0.4 is 5.32 Å². The topological polar surface area (TPSA) is 90.7 Å². The highest BCUT2D eigenvalue weighted by molar-refractivity contribution is 9.10. The summed E-state index contributed by atoms with van der Waals surface area (Å²) in [4.78, 5) is 10.4. The molecular weight excluding hydrogens is 423 g/mol. The largest absolute Gasteiger partial charge is 0.368 e. The molecular formula is C17H18BrN2O5P. The number of rotatable bonds is 5. The SMILES string of the molecule is C[C@H]1CCO[P@@](=O)([C@@H](Nc2ccc([N+](=O)[O-])cc2)c2ccc(Br)cc2)O1. The predicted molar refractivity (Wildman–Crippen MR) is 102 cm³/mol. The maximum atomic E-state index is 13.4. The first-order valence-corrected chi connectivity index (χ1v) is 10.5. The lowest BCUT2D eigenvalue weighted by Crippen LogP contribution is -2.23. The first-order chi connectivity index (χ1) is 12.4. The van der Waals surface area contributed by atoms with Crippen LogP contribution in [-0.4, -0.2) is 17.6 Å². The molecule has 2 aromatic rings. The van der Waals surface area contributed by atoms with Gasteiger partial charge in [0.05, 0.1) is 17.6 Å². The van der Waals surface area contributed by atoms with Gasteiger partial charge in [0.2, 0.25) is 0 Å². The van der Waals surface area contributed by atoms with Gasteiger partial charge in [-0.3, -0.25) is 14.7 Å². The van der Waals surface area contributed by atoms with Gasteiger partial charge in [-0.15, -0.1) is 0 Å². The number of hydrogen-bond donors (Lipinski definition) is 1. The maximum Gasteiger partial charge on any atom is 0.357 e. The van der Waals surface area contributed by atoms with Gasteiger partial charge in [0.15, 0.2) is 5.78 Å². The number of anilines is 1. The van der Waals surface area contributed by atoms with Crippen molar-refractivity contribution in [3.63, 3.8) is 0 Å². The number of nitrogens with zero attached hydrogens (tertiary/aromatic N) is 1. The fourth-order valence-corrected chi connectivity index (χ4v) is 5.05. The van der Waals surface area contributed by atoms with Crippen LogP contribution in [-0.2, 0) is 13.6 Å². The lowest BCUT2D eigenvalue weighted by molar-refractivity contribution is -0.384. The third-order valence-corrected chi connectivity index (χ3v) is 6.79. The molecule has 0 radical (unpaired) electrons. The molecule has 0 aromatic heterocycles. The molecule has 0 saturated carbocycles. The minimum atomic E-state index is -3.47. The monoisotopic (exact) mass is 440 g/mol. The van der Waals surface area contributed by atoms with Gasteiger partial charge < -0.3 is 14.4 Å². The third-order valence-electron chi connectivity index (χ3n) is 4.01. The highest BCUT2D eigenvalue weighted by Gasteiger charge is 2.41. The van der Waals surface area contributed by atoms with Crippen molar-refractivity contribution < 1.29 is 18.5 Å². The zero-order chi connectivity index (χ0) is 18.7. The lowest BCUT2D eigenvalue weighted by atomic mass is 10.2. The second-order valence-corrected chi connectivity index (χ2v) is 8.96. The quantitative estimate of drug-likeness (QED) is 0.375. The van der Waals surface area contributed by atoms with E-state index in [0.29, 0.717) is 18.7 Å². The van der Waals surface area contributed by atoms with Crippen molar-refractivity contribution in [1.82, 2.24) is 0 Å². The Morgan fingerprint density at radius 3 is 2.46 bits per heavy atom. The molecule has 0 spiro atoms. The maximum absolute atomic E-state index is 13.4. The van der Waals surface area contributed by atoms with E-state index in [9.17, 15) is 14.7 Å². The van der Waals surface area contributed by atoms with Gasteiger partial charge in [-0.25, -0.2) is 0 Å². The van der Waals surface area contributed by atoms with Gasteiger partial charge in [-0.2, -0.15) is 0 Å². The molecule has 7 nitrogen and oxygen atoms in total. The summed E-state index contributed by atoms with van der Waals surface area (Å²) in [6, 6.07) is 13.3. The molecule has 0 unspecified atom stereocenters. The summed E-state index contributed by atoms with van der Waals surface area (Å²) < 4.78 is 25.6. The molecule has 1 fully saturated rings. The molecule has 1 heterocycles. The fraction of sp³-hybridized carbons (Fsp3) is 0.294. The van der Waals surface area contributed by atoms with Crippen molar-refractivity contribution in [2.45, 2.75) is 25.2 Å². The molecule has 0 aliphatic carbocycles. The number of nitrogens with one attached hydrogen (secondary N) is 1. The third kappa shape index (κ3) is 4.32. The van der Waals surface area contributed by atoms with Crippen LogP contribution in [0.3, 0.4) is 0 Å². The second-order valence-electron chi connectivity index (χ2n) is 5.98. The summed E-state index contributed by atoms with van der Waals surface area (Å²) in [5.74, 6) is -0.722. The van der Waals surface area contributed by atoms with E-state index in [-0.39, 0.29) is 11.8 Å². The Labute approximate surface area is 159 Å². The number of hydrogen-bond acceptors (Lipinski definition) is 6. The van der Waals surface area contributed by atoms with Crippen LogP contribution >= 0.6 is 23.5 Å². The van der Waals surface area contributed by atoms with Crippen molar-refractivity contribution in [2.24, 2.45) is 0 Å². The summed E-state index contributed by atoms with van der Waals surface area (Å²) in [5, 5.41) is 14.0. The lowest BCUT2D eigenvalue weighted by Gasteiger charge is -2.34. The number of halogens is 1. The summed E-state index contributed by atoms with van der Waals surface area (Å²) in [7, 11) is -3.47. The van der Waals surface area contributed by atoms with E-state index in [2.05, 4.69) is 21.2 Å². The molecule has 1 N–H and O–H groups in total. The average Bonchev–Trinajstić information content (AvgIpc) is 2.61. The van der Waals surface area contributed by atoms with E-state index in [0.717, 1.165) is 10.0 Å². The number of non-ortho nitro benzene ring substituents is 1. The van der Waals surface area contributed by atoms with Crippen LogP contribution in [0.2, 0.25) is 0 Å². The molecule has 2 aromatic carbocycles. The normalized spacial score (nSPS) is 24.0. The molecule has 26 heavy (non-hydrogen) atoms. The molecule has 9 heteroatoms. The average molecular weight is 441 g/mol. The van der Waals surface area contributed by atoms with E-state index in [1.165, 1.54) is 12.1 Å². The van der Waals surface area contributed by atoms with E-state index in [1.807, 2.05) is 31.2 Å². The van der Waals surface area contributed by atoms with Gasteiger partial charge in [0.1, 0.15) is 0 Å². The summed E-state index contributed by atoms with van der Waals surface area (Å²) in [6.07, 6.45) is 0.500. The number of benzene rings is 2. The van der Waals surface area contributed by atoms with Crippen molar-refractivity contribution in [2.75, 3.05) is 11.9 Å². The van der Waals surface area contributed by atoms with Crippen molar-refractivity contribution in [3.05, 3.63) is 68.7 Å². The Kier molecular flexibility index (Phi) is 5.77. The molecule has 3 atom stereocenters. The van der Waals surface area contributed by atoms with E-state index >= 15 is 0 Å². The van der Waals surface area contributed by atoms with Crippen LogP contribution in [0.15, 0.2) is 53.0 Å². The Morgan fingerprint density at radius 2 is 1.88 bits per heavy atom. The van der Waals surface area contributed by atoms with Crippen molar-refractivity contribution in [1.29, 1.82) is 0 Å². The summed E-state index contributed by atoms with van der Waals surface area (Å²) in [5.41, 5.74) is 1.31. The Hall–Kier alpha value is -1.73. The summed E-state index contributed by atoms with van der Waals surface area (Å²) >= 11 is 3.39. The first kappa shape index (κ1) is 19.0. The molecule has 3 rings (SSSR count). The van der Waals surface area contributed by atoms with E-state index in [1.54, 1.807) is 12.1 Å². The highest BCUT2D eigenvalue weighted by Crippen LogP contribution is 2.63. The van der Waals surface area contributed by atoms with Crippen LogP contribution in [0, 0.1) is 10.1 Å². The van der Waals surface area contributed by atoms with E-state index < -0.39 is 18.3 Å². The Balaban J connectivity index is 1.93. The zero-order valence-electron chi connectivity index (χ0n) is 14.0. The zero-order valence-corrected chi connectivity index (χ0v) is 16.5. The van der Waals surface area contributed by atoms with Gasteiger partial charge in [-0.1, -0.05) is 28.1 Å². The molecule has 1 aliphatic rings. The molecule has 1 aliphatic heterocycles. The smallest absolute Gasteiger partial charge is 0.357 e. The fourth-order valence-electron chi connectivity index (χ4n) is 2.64. The Bertz CT molecular complexity index is 828. The Morgan fingerprint density at radius 1 is 1.23 bits per heavy atom. The second kappa shape index (κ2) is 7.88. The molecule has 1 saturated heterocycles. The van der Waals surface area contributed by atoms with E-state index in [4.69, 9.17) is 9.05 Å². The molecule has 0 amide bonds. The highest BCUT2D eigenvalue weighted by atomic mass is 79.9. The van der Waals surface area contributed by atoms with Crippen molar-refractivity contribution >= 4 is 34.9 Å². The van der Waals surface area contributed by atoms with Gasteiger partial charge in [0.25, 0.3) is 5.69 Å². The van der Waals surface area contributed by atoms with Crippen LogP contribution in [0.25, 0.3) is 0 Å². The number of nitro benzene ring substituents is 1. The molecule has 0 bridgehead atoms. The van der Waals surface area contributed by atoms with Crippen LogP contribution in [0.1, 0.15) is 24.7 Å². The van der Waals surface area contributed by atoms with Crippen LogP contribution in [0.4, 0.5) is 11.4 Å². The van der Waals surface area contributed by atoms with Gasteiger partial charge in [0, 0.05) is 22.3 Å². The molecule has 138 valence electrons. The first-order valence-electron chi connectivity index (χ1n) is 8.06. The standard InChI is InChI=1S/C17H18BrN2O5P/c1-12-10-11-24-26(23,25-12)17(13-2-4-14(18)5-3-13)19-15-6-8-16(9-7-15)20(21)22/h2-9,12,17,19H,10-11H2,1H3/t12-,17+,26-/m0/s1. The van der Waals surface area contributed by atoms with Crippen LogP contribution in [0.5, 0.6) is 0 Å². The van der Waals surface area contributed by atoms with Gasteiger partial charge in [-0.05, 0) is 43.2 Å². The van der Waals surface area contributed by atoms with Crippen molar-refractivity contribution in [3.8, 4) is 0 Å². The minimum Gasteiger partial charge on any atom is -0.368 e.